The first-order valence-corrected chi connectivity index (χ1v) is 6.34. The van der Waals surface area contributed by atoms with Crippen LogP contribution in [0.15, 0.2) is 30.3 Å². The van der Waals surface area contributed by atoms with Gasteiger partial charge in [-0.15, -0.1) is 0 Å². The van der Waals surface area contributed by atoms with Crippen LogP contribution in [0.5, 0.6) is 0 Å². The molecule has 0 saturated heterocycles. The number of rotatable bonds is 2. The van der Waals surface area contributed by atoms with Gasteiger partial charge < -0.3 is 4.57 Å². The van der Waals surface area contributed by atoms with Crippen LogP contribution in [0.2, 0.25) is 0 Å². The lowest BCUT2D eigenvalue weighted by Crippen LogP contribution is -2.19. The first kappa shape index (κ1) is 11.3. The maximum atomic E-state index is 12.1. The van der Waals surface area contributed by atoms with E-state index < -0.39 is 19.5 Å². The normalized spacial score (nSPS) is 16.3. The Morgan fingerprint density at radius 1 is 1.21 bits per heavy atom. The third-order valence-corrected chi connectivity index (χ3v) is 4.14. The second-order valence-corrected chi connectivity index (χ2v) is 6.24. The minimum absolute atomic E-state index is 0.275. The van der Waals surface area contributed by atoms with Crippen molar-refractivity contribution in [1.29, 1.82) is 0 Å². The van der Waals surface area contributed by atoms with Gasteiger partial charge in [-0.3, -0.25) is 0 Å². The van der Waals surface area contributed by atoms with Crippen LogP contribution < -0.4 is 5.30 Å². The maximum Gasteiger partial charge on any atom is 0.396 e. The van der Waals surface area contributed by atoms with Gasteiger partial charge in [-0.05, 0) is 6.66 Å². The Morgan fingerprint density at radius 2 is 1.71 bits per heavy atom. The summed E-state index contributed by atoms with van der Waals surface area (Å²) in [4.78, 5) is 0. The number of hydrogen-bond donors (Lipinski definition) is 0. The molecule has 14 heavy (non-hydrogen) atoms. The molecular weight excluding hydrogens is 212 g/mol. The van der Waals surface area contributed by atoms with Crippen molar-refractivity contribution >= 4 is 12.4 Å². The van der Waals surface area contributed by atoms with E-state index in [0.717, 1.165) is 6.66 Å². The van der Waals surface area contributed by atoms with Crippen molar-refractivity contribution in [2.75, 3.05) is 12.8 Å². The van der Waals surface area contributed by atoms with Crippen LogP contribution in [0.1, 0.15) is 0 Å². The summed E-state index contributed by atoms with van der Waals surface area (Å²) >= 11 is 0. The van der Waals surface area contributed by atoms with Crippen molar-refractivity contribution in [2.24, 2.45) is 0 Å². The second kappa shape index (κ2) is 3.77. The van der Waals surface area contributed by atoms with E-state index >= 15 is 0 Å². The number of hydrogen-bond acceptors (Lipinski definition) is 1. The molecule has 1 atom stereocenters. The first-order chi connectivity index (χ1) is 6.31. The van der Waals surface area contributed by atoms with Crippen LogP contribution in [-0.2, 0) is 4.57 Å². The lowest BCUT2D eigenvalue weighted by atomic mass is 10.4. The summed E-state index contributed by atoms with van der Waals surface area (Å²) in [5.74, 6) is 0. The van der Waals surface area contributed by atoms with Crippen molar-refractivity contribution in [2.45, 2.75) is 6.18 Å². The van der Waals surface area contributed by atoms with Crippen molar-refractivity contribution in [1.82, 2.24) is 0 Å². The average molecular weight is 222 g/mol. The quantitative estimate of drug-likeness (QED) is 0.703. The molecule has 1 nitrogen and oxygen atoms in total. The van der Waals surface area contributed by atoms with Crippen LogP contribution >= 0.6 is 7.14 Å². The molecule has 0 aromatic heterocycles. The third-order valence-electron chi connectivity index (χ3n) is 1.78. The molecule has 0 bridgehead atoms. The van der Waals surface area contributed by atoms with E-state index in [0.29, 0.717) is 0 Å². The molecule has 0 N–H and O–H groups in total. The molecule has 0 aliphatic rings. The lowest BCUT2D eigenvalue weighted by molar-refractivity contribution is -0.106. The highest BCUT2D eigenvalue weighted by Gasteiger charge is 2.36. The number of halogens is 3. The minimum Gasteiger partial charge on any atom is -0.319 e. The van der Waals surface area contributed by atoms with Crippen LogP contribution in [-0.4, -0.2) is 19.0 Å². The van der Waals surface area contributed by atoms with Gasteiger partial charge in [0.25, 0.3) is 0 Å². The van der Waals surface area contributed by atoms with E-state index in [1.807, 2.05) is 0 Å². The van der Waals surface area contributed by atoms with Crippen LogP contribution in [0, 0.1) is 0 Å². The van der Waals surface area contributed by atoms with Crippen LogP contribution in [0.25, 0.3) is 0 Å². The molecule has 78 valence electrons. The minimum atomic E-state index is -4.37. The van der Waals surface area contributed by atoms with Crippen LogP contribution in [0.3, 0.4) is 0 Å². The second-order valence-electron chi connectivity index (χ2n) is 3.21. The van der Waals surface area contributed by atoms with E-state index in [4.69, 9.17) is 0 Å². The Kier molecular flexibility index (Phi) is 3.05. The number of alkyl halides is 3. The fraction of sp³-hybridized carbons (Fsp3) is 0.333. The molecule has 0 heterocycles. The highest BCUT2D eigenvalue weighted by atomic mass is 31.2. The topological polar surface area (TPSA) is 17.1 Å². The summed E-state index contributed by atoms with van der Waals surface area (Å²) in [5.41, 5.74) is 0. The van der Waals surface area contributed by atoms with Gasteiger partial charge in [0.2, 0.25) is 0 Å². The zero-order valence-electron chi connectivity index (χ0n) is 7.58. The fourth-order valence-corrected chi connectivity index (χ4v) is 2.85. The van der Waals surface area contributed by atoms with Crippen molar-refractivity contribution < 1.29 is 17.7 Å². The predicted molar refractivity (Wildman–Crippen MR) is 50.5 cm³/mol. The molecule has 0 aliphatic carbocycles. The molecular formula is C9H10F3OP. The van der Waals surface area contributed by atoms with Gasteiger partial charge in [-0.1, -0.05) is 30.3 Å². The van der Waals surface area contributed by atoms with E-state index in [1.54, 1.807) is 18.2 Å². The Morgan fingerprint density at radius 3 is 2.14 bits per heavy atom. The number of benzene rings is 1. The largest absolute Gasteiger partial charge is 0.396 e. The Bertz CT molecular complexity index is 345. The standard InChI is InChI=1S/C9H10F3OP/c1-14(13,7-9(10,11)12)8-5-3-2-4-6-8/h2-6H,7H2,1H3. The highest BCUT2D eigenvalue weighted by Crippen LogP contribution is 2.44. The predicted octanol–water partition coefficient (Wildman–Crippen LogP) is 2.87. The molecule has 5 heteroatoms. The summed E-state index contributed by atoms with van der Waals surface area (Å²) in [6.07, 6.45) is -5.61. The molecule has 0 aliphatic heterocycles. The fourth-order valence-electron chi connectivity index (χ4n) is 1.18. The molecule has 0 amide bonds. The van der Waals surface area contributed by atoms with Gasteiger partial charge in [0.15, 0.2) is 0 Å². The summed E-state index contributed by atoms with van der Waals surface area (Å²) < 4.78 is 47.9. The average Bonchev–Trinajstić information content (AvgIpc) is 2.01. The van der Waals surface area contributed by atoms with Gasteiger partial charge >= 0.3 is 6.18 Å². The Hall–Kier alpha value is -0.760. The summed E-state index contributed by atoms with van der Waals surface area (Å²) in [6, 6.07) is 7.78. The SMILES string of the molecule is CP(=O)(CC(F)(F)F)c1ccccc1. The third kappa shape index (κ3) is 3.18. The Labute approximate surface area is 80.3 Å². The van der Waals surface area contributed by atoms with E-state index in [2.05, 4.69) is 0 Å². The molecule has 0 fully saturated rings. The molecule has 0 saturated carbocycles. The van der Waals surface area contributed by atoms with Gasteiger partial charge in [-0.25, -0.2) is 0 Å². The molecule has 1 unspecified atom stereocenters. The van der Waals surface area contributed by atoms with E-state index in [1.165, 1.54) is 12.1 Å². The molecule has 0 radical (unpaired) electrons. The van der Waals surface area contributed by atoms with Gasteiger partial charge in [0, 0.05) is 5.30 Å². The van der Waals surface area contributed by atoms with E-state index in [9.17, 15) is 17.7 Å². The first-order valence-electron chi connectivity index (χ1n) is 4.00. The highest BCUT2D eigenvalue weighted by molar-refractivity contribution is 7.70. The van der Waals surface area contributed by atoms with Gasteiger partial charge in [-0.2, -0.15) is 13.2 Å². The van der Waals surface area contributed by atoms with E-state index in [-0.39, 0.29) is 5.30 Å². The maximum absolute atomic E-state index is 12.1. The lowest BCUT2D eigenvalue weighted by Gasteiger charge is -2.15. The van der Waals surface area contributed by atoms with Crippen molar-refractivity contribution in [3.8, 4) is 0 Å². The monoisotopic (exact) mass is 222 g/mol. The molecule has 0 spiro atoms. The zero-order chi connectivity index (χ0) is 10.8. The van der Waals surface area contributed by atoms with Crippen molar-refractivity contribution in [3.63, 3.8) is 0 Å². The van der Waals surface area contributed by atoms with Gasteiger partial charge in [0.1, 0.15) is 13.3 Å². The zero-order valence-corrected chi connectivity index (χ0v) is 8.48. The molecule has 1 aromatic carbocycles. The van der Waals surface area contributed by atoms with Crippen molar-refractivity contribution in [3.05, 3.63) is 30.3 Å². The van der Waals surface area contributed by atoms with Crippen LogP contribution in [0.4, 0.5) is 13.2 Å². The molecule has 1 aromatic rings. The smallest absolute Gasteiger partial charge is 0.319 e. The van der Waals surface area contributed by atoms with Gasteiger partial charge in [0.05, 0.1) is 0 Å². The summed E-state index contributed by atoms with van der Waals surface area (Å²) in [7, 11) is -3.29. The Balaban J connectivity index is 2.93. The summed E-state index contributed by atoms with van der Waals surface area (Å²) in [6.45, 7) is 1.16. The summed E-state index contributed by atoms with van der Waals surface area (Å²) in [5, 5.41) is 0.275. The molecule has 1 rings (SSSR count).